The van der Waals surface area contributed by atoms with E-state index in [2.05, 4.69) is 268 Å². The van der Waals surface area contributed by atoms with Crippen molar-refractivity contribution >= 4 is 86.6 Å². The predicted octanol–water partition coefficient (Wildman–Crippen LogP) is 26.1. The van der Waals surface area contributed by atoms with E-state index < -0.39 is 5.97 Å². The topological polar surface area (TPSA) is 235 Å². The first kappa shape index (κ1) is 101. The van der Waals surface area contributed by atoms with Crippen LogP contribution in [0.3, 0.4) is 0 Å². The molecular formula is C112H135N7O10. The molecule has 0 aliphatic rings. The minimum Gasteiger partial charge on any atom is -0.497 e. The summed E-state index contributed by atoms with van der Waals surface area (Å²) in [5.74, 6) is 1.67. The van der Waals surface area contributed by atoms with Gasteiger partial charge in [-0.15, -0.1) is 0 Å². The third kappa shape index (κ3) is 34.5. The van der Waals surface area contributed by atoms with Crippen molar-refractivity contribution in [1.82, 2.24) is 4.98 Å². The van der Waals surface area contributed by atoms with Crippen LogP contribution in [0.2, 0.25) is 0 Å². The minimum atomic E-state index is -0.446. The summed E-state index contributed by atoms with van der Waals surface area (Å²) >= 11 is 0. The van der Waals surface area contributed by atoms with Crippen LogP contribution in [0.1, 0.15) is 232 Å². The molecule has 12 rings (SSSR count). The van der Waals surface area contributed by atoms with Gasteiger partial charge in [-0.05, 0) is 220 Å². The van der Waals surface area contributed by atoms with E-state index in [1.165, 1.54) is 51.4 Å². The van der Waals surface area contributed by atoms with Crippen LogP contribution < -0.4 is 41.4 Å². The van der Waals surface area contributed by atoms with Gasteiger partial charge in [0.2, 0.25) is 35.4 Å². The number of rotatable bonds is 26. The molecule has 6 amide bonds. The standard InChI is InChI=1S/C25H27NO2.C24H28N2O3.C22H28N2O3.C21H27NO.C20H25NO/c1-25(2,3)20-15-12-19(13-16-20)14-17-24(27)26-21-8-7-11-23(18-21)28-22-9-5-4-6-10-22;1-5-29-23(28)21-18-8-6-7-9-19(18)25-22(21)26-20(27)15-12-16-10-13-17(14-11-16)24(2,3)4;1-15(25)23-19-12-11-18(27-5)14-20(19)24-21(26)13-8-16-6-9-17(10-7-16)22(2,3)4;1-15-12-16(2)14-19(13-15)22-20(23)11-8-17-6-9-18(10-7-17)21(3,4)5;1-15-7-5-6-8-18(15)21-19(22)14-11-16-9-12-17(13-10-16)20(2,3)4/h4-13,15-16,18H,14,17H2,1-3H3,(H,26,27);6-11,13-14,25H,5,12,15H2,1-4H3,(H,26,27);6-7,9-12,14H,8,13H2,1-5H3,(H,23,25)(H,24,26);6-7,9-10,12-14H,8,11H2,1-5H3,(H,22,23);5-10,12-13H,11,14H2,1-4H3,(H,21,22). The Morgan fingerprint density at radius 3 is 1.10 bits per heavy atom. The molecule has 0 bridgehead atoms. The van der Waals surface area contributed by atoms with Crippen LogP contribution in [0, 0.1) is 20.8 Å². The quantitative estimate of drug-likeness (QED) is 0.0253. The maximum absolute atomic E-state index is 12.5. The van der Waals surface area contributed by atoms with Crippen molar-refractivity contribution in [2.24, 2.45) is 0 Å². The van der Waals surface area contributed by atoms with Crippen LogP contribution in [0.25, 0.3) is 10.9 Å². The lowest BCUT2D eigenvalue weighted by atomic mass is 9.86. The monoisotopic (exact) mass is 1740 g/mol. The average Bonchev–Trinajstić information content (AvgIpc) is 1.64. The Kier molecular flexibility index (Phi) is 37.4. The highest BCUT2D eigenvalue weighted by Gasteiger charge is 2.24. The fourth-order valence-corrected chi connectivity index (χ4v) is 13.9. The molecular weight excluding hydrogens is 1600 g/mol. The summed E-state index contributed by atoms with van der Waals surface area (Å²) in [7, 11) is 1.56. The summed E-state index contributed by atoms with van der Waals surface area (Å²) in [6, 6.07) is 86.0. The molecule has 0 fully saturated rings. The van der Waals surface area contributed by atoms with Gasteiger partial charge >= 0.3 is 5.97 Å². The first-order valence-corrected chi connectivity index (χ1v) is 44.6. The molecule has 129 heavy (non-hydrogen) atoms. The van der Waals surface area contributed by atoms with Gasteiger partial charge in [0.05, 0.1) is 25.1 Å². The Morgan fingerprint density at radius 1 is 0.326 bits per heavy atom. The number of benzene rings is 11. The number of aromatic nitrogens is 1. The molecule has 12 aromatic rings. The highest BCUT2D eigenvalue weighted by atomic mass is 16.5. The highest BCUT2D eigenvalue weighted by molar-refractivity contribution is 6.12. The van der Waals surface area contributed by atoms with Crippen molar-refractivity contribution in [2.75, 3.05) is 45.6 Å². The molecule has 17 heteroatoms. The smallest absolute Gasteiger partial charge is 0.342 e. The molecule has 17 nitrogen and oxygen atoms in total. The minimum absolute atomic E-state index is 0.00300. The molecule has 0 atom stereocenters. The van der Waals surface area contributed by atoms with E-state index in [-0.39, 0.29) is 69.1 Å². The fourth-order valence-electron chi connectivity index (χ4n) is 13.9. The zero-order valence-corrected chi connectivity index (χ0v) is 79.7. The van der Waals surface area contributed by atoms with Crippen molar-refractivity contribution in [3.8, 4) is 17.2 Å². The molecule has 678 valence electrons. The summed E-state index contributed by atoms with van der Waals surface area (Å²) in [5.41, 5.74) is 21.1. The molecule has 11 aromatic carbocycles. The number of esters is 1. The van der Waals surface area contributed by atoms with E-state index in [0.29, 0.717) is 79.2 Å². The van der Waals surface area contributed by atoms with Gasteiger partial charge in [-0.3, -0.25) is 28.8 Å². The van der Waals surface area contributed by atoms with Crippen LogP contribution >= 0.6 is 0 Å². The van der Waals surface area contributed by atoms with Crippen molar-refractivity contribution in [2.45, 2.75) is 230 Å². The van der Waals surface area contributed by atoms with Gasteiger partial charge in [0.15, 0.2) is 0 Å². The zero-order valence-electron chi connectivity index (χ0n) is 79.7. The van der Waals surface area contributed by atoms with Gasteiger partial charge in [-0.2, -0.15) is 0 Å². The van der Waals surface area contributed by atoms with Crippen molar-refractivity contribution in [3.63, 3.8) is 0 Å². The average molecular weight is 1740 g/mol. The van der Waals surface area contributed by atoms with E-state index in [1.807, 2.05) is 136 Å². The van der Waals surface area contributed by atoms with E-state index in [1.54, 1.807) is 32.2 Å². The van der Waals surface area contributed by atoms with Crippen LogP contribution in [-0.2, 0) is 92.7 Å². The summed E-state index contributed by atoms with van der Waals surface area (Å²) in [6.07, 6.45) is 5.66. The van der Waals surface area contributed by atoms with E-state index in [9.17, 15) is 33.6 Å². The summed E-state index contributed by atoms with van der Waals surface area (Å²) in [4.78, 5) is 88.3. The maximum atomic E-state index is 12.5. The normalized spacial score (nSPS) is 11.2. The Bertz CT molecular complexity index is 5640. The number of para-hydroxylation sites is 3. The van der Waals surface area contributed by atoms with Gasteiger partial charge in [-0.1, -0.05) is 292 Å². The number of carbonyl (C=O) groups excluding carboxylic acids is 7. The molecule has 7 N–H and O–H groups in total. The number of anilines is 6. The number of nitrogens with one attached hydrogen (secondary N) is 7. The SMILES string of the molecule is CC(C)(C)c1ccc(CCC(=O)Nc2cccc(Oc3ccccc3)c2)cc1.CCOC(=O)c1c(NC(=O)CCc2ccc(C(C)(C)C)cc2)[nH]c2ccccc12.COc1ccc(NC(C)=O)c(NC(=O)CCc2ccc(C(C)(C)C)cc2)c1.Cc1cc(C)cc(NC(=O)CCc2ccc(C(C)(C)C)cc2)c1.Cc1ccccc1NC(=O)CCc1ccc(C(C)(C)C)cc1. The van der Waals surface area contributed by atoms with Crippen LogP contribution in [0.5, 0.6) is 17.2 Å². The lowest BCUT2D eigenvalue weighted by molar-refractivity contribution is -0.117. The van der Waals surface area contributed by atoms with Gasteiger partial charge in [-0.25, -0.2) is 4.79 Å². The van der Waals surface area contributed by atoms with Gasteiger partial charge in [0, 0.05) is 79.1 Å². The van der Waals surface area contributed by atoms with Crippen molar-refractivity contribution < 1.29 is 47.8 Å². The van der Waals surface area contributed by atoms with Crippen LogP contribution in [0.4, 0.5) is 34.3 Å². The Hall–Kier alpha value is -13.2. The molecule has 0 aliphatic heterocycles. The maximum Gasteiger partial charge on any atom is 0.342 e. The second-order valence-electron chi connectivity index (χ2n) is 37.8. The molecule has 1 aromatic heterocycles. The Morgan fingerprint density at radius 2 is 0.698 bits per heavy atom. The fraction of sp³-hybridized carbons (Fsp3) is 0.330. The largest absolute Gasteiger partial charge is 0.497 e. The second-order valence-corrected chi connectivity index (χ2v) is 37.8. The number of methoxy groups -OCH3 is 1. The number of hydrogen-bond donors (Lipinski definition) is 7. The molecule has 0 spiro atoms. The summed E-state index contributed by atoms with van der Waals surface area (Å²) < 4.78 is 16.2. The molecule has 1 heterocycles. The van der Waals surface area contributed by atoms with Gasteiger partial charge in [0.25, 0.3) is 0 Å². The molecule has 0 saturated heterocycles. The third-order valence-electron chi connectivity index (χ3n) is 21.6. The van der Waals surface area contributed by atoms with Crippen molar-refractivity contribution in [3.05, 3.63) is 339 Å². The number of aromatic amines is 1. The zero-order chi connectivity index (χ0) is 94.2. The van der Waals surface area contributed by atoms with E-state index in [4.69, 9.17) is 14.2 Å². The molecule has 0 aliphatic carbocycles. The third-order valence-corrected chi connectivity index (χ3v) is 21.6. The van der Waals surface area contributed by atoms with Crippen LogP contribution in [-0.4, -0.2) is 60.1 Å². The number of carbonyl (C=O) groups is 7. The number of H-pyrrole nitrogens is 1. The van der Waals surface area contributed by atoms with Gasteiger partial charge in [0.1, 0.15) is 28.6 Å². The second kappa shape index (κ2) is 47.6. The highest BCUT2D eigenvalue weighted by Crippen LogP contribution is 2.33. The Labute approximate surface area is 766 Å². The van der Waals surface area contributed by atoms with Crippen LogP contribution in [0.15, 0.2) is 261 Å². The summed E-state index contributed by atoms with van der Waals surface area (Å²) in [5, 5.41) is 18.1. The molecule has 0 saturated carbocycles. The van der Waals surface area contributed by atoms with Crippen molar-refractivity contribution in [1.29, 1.82) is 0 Å². The number of fused-ring (bicyclic) bond motifs is 1. The number of ether oxygens (including phenoxy) is 3. The predicted molar refractivity (Wildman–Crippen MR) is 532 cm³/mol. The van der Waals surface area contributed by atoms with E-state index >= 15 is 0 Å². The first-order valence-electron chi connectivity index (χ1n) is 44.6. The first-order chi connectivity index (χ1) is 61.0. The lowest BCUT2D eigenvalue weighted by Crippen LogP contribution is -2.16. The number of hydrogen-bond acceptors (Lipinski definition) is 10. The molecule has 0 radical (unpaired) electrons. The lowest BCUT2D eigenvalue weighted by Gasteiger charge is -2.19. The number of aryl methyl sites for hydroxylation is 8. The van der Waals surface area contributed by atoms with Gasteiger partial charge < -0.3 is 51.1 Å². The number of amides is 6. The molecule has 0 unspecified atom stereocenters. The Balaban J connectivity index is 0.000000200. The van der Waals surface area contributed by atoms with E-state index in [0.717, 1.165) is 80.8 Å². The summed E-state index contributed by atoms with van der Waals surface area (Å²) in [6.45, 7) is 42.4.